The second-order valence-corrected chi connectivity index (χ2v) is 6.86. The first-order valence-electron chi connectivity index (χ1n) is 9.16. The Morgan fingerprint density at radius 3 is 2.42 bits per heavy atom. The largest absolute Gasteiger partial charge is 0.416 e. The van der Waals surface area contributed by atoms with Crippen molar-refractivity contribution >= 4 is 18.0 Å². The van der Waals surface area contributed by atoms with Crippen molar-refractivity contribution in [3.63, 3.8) is 0 Å². The zero-order chi connectivity index (χ0) is 22.2. The van der Waals surface area contributed by atoms with E-state index in [1.807, 2.05) is 0 Å². The number of urea groups is 1. The molecule has 2 heterocycles. The monoisotopic (exact) mass is 429 g/mol. The van der Waals surface area contributed by atoms with Crippen LogP contribution in [0.2, 0.25) is 0 Å². The van der Waals surface area contributed by atoms with E-state index >= 15 is 0 Å². The molecule has 0 aliphatic carbocycles. The molecule has 1 aliphatic heterocycles. The van der Waals surface area contributed by atoms with E-state index in [0.29, 0.717) is 11.3 Å². The quantitative estimate of drug-likeness (QED) is 0.371. The van der Waals surface area contributed by atoms with Gasteiger partial charge in [-0.05, 0) is 54.1 Å². The fourth-order valence-corrected chi connectivity index (χ4v) is 3.21. The number of amides is 3. The predicted molar refractivity (Wildman–Crippen MR) is 104 cm³/mol. The van der Waals surface area contributed by atoms with Gasteiger partial charge < -0.3 is 9.88 Å². The first-order chi connectivity index (χ1) is 14.7. The number of nitrogens with one attached hydrogen (secondary N) is 1. The Bertz CT molecular complexity index is 1180. The van der Waals surface area contributed by atoms with Crippen LogP contribution in [0.4, 0.5) is 22.4 Å². The Morgan fingerprint density at radius 2 is 1.71 bits per heavy atom. The zero-order valence-corrected chi connectivity index (χ0v) is 15.9. The predicted octanol–water partition coefficient (Wildman–Crippen LogP) is 4.73. The Balaban J connectivity index is 1.61. The molecular weight excluding hydrogens is 414 g/mol. The van der Waals surface area contributed by atoms with Gasteiger partial charge >= 0.3 is 12.2 Å². The van der Waals surface area contributed by atoms with E-state index in [4.69, 9.17) is 0 Å². The minimum atomic E-state index is -4.49. The maximum atomic E-state index is 13.1. The molecule has 1 fully saturated rings. The van der Waals surface area contributed by atoms with Crippen molar-refractivity contribution in [2.24, 2.45) is 0 Å². The summed E-state index contributed by atoms with van der Waals surface area (Å²) in [6, 6.07) is 12.7. The van der Waals surface area contributed by atoms with Gasteiger partial charge in [-0.3, -0.25) is 9.69 Å². The highest BCUT2D eigenvalue weighted by atomic mass is 19.4. The Morgan fingerprint density at radius 1 is 0.968 bits per heavy atom. The van der Waals surface area contributed by atoms with Crippen LogP contribution in [0, 0.1) is 5.82 Å². The number of nitrogens with zero attached hydrogens (tertiary/aromatic N) is 2. The van der Waals surface area contributed by atoms with Crippen molar-refractivity contribution < 1.29 is 27.2 Å². The standard InChI is InChI=1S/C22H15F4N3O2/c23-16-8-6-14(7-9-16)13-29-20(30)19(27-21(29)31)12-18-5-2-10-28(18)17-4-1-3-15(11-17)22(24,25)26/h1-12H,13H2,(H,27,31). The van der Waals surface area contributed by atoms with Gasteiger partial charge in [-0.15, -0.1) is 0 Å². The van der Waals surface area contributed by atoms with Crippen molar-refractivity contribution in [1.29, 1.82) is 0 Å². The summed E-state index contributed by atoms with van der Waals surface area (Å²) in [7, 11) is 0. The molecule has 3 amide bonds. The lowest BCUT2D eigenvalue weighted by atomic mass is 10.2. The maximum absolute atomic E-state index is 13.1. The lowest BCUT2D eigenvalue weighted by Gasteiger charge is -2.12. The third-order valence-electron chi connectivity index (χ3n) is 4.74. The van der Waals surface area contributed by atoms with Gasteiger partial charge in [0.15, 0.2) is 0 Å². The van der Waals surface area contributed by atoms with Gasteiger partial charge in [-0.25, -0.2) is 9.18 Å². The number of carbonyl (C=O) groups is 2. The van der Waals surface area contributed by atoms with Crippen molar-refractivity contribution in [2.45, 2.75) is 12.7 Å². The molecule has 2 aromatic carbocycles. The molecule has 1 N–H and O–H groups in total. The van der Waals surface area contributed by atoms with Crippen molar-refractivity contribution in [3.8, 4) is 5.69 Å². The smallest absolute Gasteiger partial charge is 0.317 e. The number of rotatable bonds is 4. The summed E-state index contributed by atoms with van der Waals surface area (Å²) in [5.74, 6) is -1.02. The summed E-state index contributed by atoms with van der Waals surface area (Å²) >= 11 is 0. The van der Waals surface area contributed by atoms with Crippen molar-refractivity contribution in [1.82, 2.24) is 14.8 Å². The molecule has 3 aromatic rings. The molecule has 31 heavy (non-hydrogen) atoms. The molecule has 4 rings (SSSR count). The van der Waals surface area contributed by atoms with Crippen LogP contribution < -0.4 is 5.32 Å². The number of alkyl halides is 3. The summed E-state index contributed by atoms with van der Waals surface area (Å²) in [5.41, 5.74) is 0.420. The van der Waals surface area contributed by atoms with Crippen LogP contribution in [0.15, 0.2) is 72.6 Å². The molecule has 158 valence electrons. The SMILES string of the molecule is O=C1NC(=Cc2cccn2-c2cccc(C(F)(F)F)c2)C(=O)N1Cc1ccc(F)cc1. The van der Waals surface area contributed by atoms with Gasteiger partial charge in [0.2, 0.25) is 0 Å². The molecule has 0 spiro atoms. The maximum Gasteiger partial charge on any atom is 0.416 e. The van der Waals surface area contributed by atoms with Crippen molar-refractivity contribution in [2.75, 3.05) is 0 Å². The van der Waals surface area contributed by atoms with E-state index in [2.05, 4.69) is 5.32 Å². The van der Waals surface area contributed by atoms with Crippen LogP contribution in [0.1, 0.15) is 16.8 Å². The number of halogens is 4. The minimum absolute atomic E-state index is 0.0148. The number of carbonyl (C=O) groups excluding carboxylic acids is 2. The number of hydrogen-bond donors (Lipinski definition) is 1. The normalized spacial score (nSPS) is 15.6. The molecule has 1 saturated heterocycles. The van der Waals surface area contributed by atoms with Crippen LogP contribution in [0.25, 0.3) is 11.8 Å². The third kappa shape index (κ3) is 4.20. The summed E-state index contributed by atoms with van der Waals surface area (Å²) in [6.45, 7) is -0.0447. The second-order valence-electron chi connectivity index (χ2n) is 6.86. The second kappa shape index (κ2) is 7.75. The van der Waals surface area contributed by atoms with Crippen LogP contribution >= 0.6 is 0 Å². The molecule has 0 bridgehead atoms. The van der Waals surface area contributed by atoms with E-state index in [-0.39, 0.29) is 17.9 Å². The molecule has 0 radical (unpaired) electrons. The number of hydrogen-bond acceptors (Lipinski definition) is 2. The van der Waals surface area contributed by atoms with E-state index in [0.717, 1.165) is 17.0 Å². The third-order valence-corrected chi connectivity index (χ3v) is 4.74. The van der Waals surface area contributed by atoms with E-state index in [1.54, 1.807) is 18.3 Å². The molecule has 9 heteroatoms. The molecule has 1 aromatic heterocycles. The lowest BCUT2D eigenvalue weighted by Crippen LogP contribution is -2.30. The summed E-state index contributed by atoms with van der Waals surface area (Å²) in [4.78, 5) is 25.9. The average molecular weight is 429 g/mol. The van der Waals surface area contributed by atoms with Gasteiger partial charge in [0, 0.05) is 17.6 Å². The molecule has 0 unspecified atom stereocenters. The molecule has 0 saturated carbocycles. The van der Waals surface area contributed by atoms with E-state index in [1.165, 1.54) is 47.0 Å². The van der Waals surface area contributed by atoms with Crippen LogP contribution in [-0.2, 0) is 17.5 Å². The molecule has 1 aliphatic rings. The minimum Gasteiger partial charge on any atom is -0.317 e. The Hall–Kier alpha value is -3.88. The molecule has 5 nitrogen and oxygen atoms in total. The van der Waals surface area contributed by atoms with E-state index in [9.17, 15) is 27.2 Å². The average Bonchev–Trinajstić information content (AvgIpc) is 3.29. The van der Waals surface area contributed by atoms with Gasteiger partial charge in [0.1, 0.15) is 11.5 Å². The van der Waals surface area contributed by atoms with Crippen molar-refractivity contribution in [3.05, 3.63) is 95.2 Å². The number of aromatic nitrogens is 1. The highest BCUT2D eigenvalue weighted by molar-refractivity contribution is 6.13. The summed E-state index contributed by atoms with van der Waals surface area (Å²) < 4.78 is 53.6. The molecule has 0 atom stereocenters. The van der Waals surface area contributed by atoms with Gasteiger partial charge in [-0.2, -0.15) is 13.2 Å². The molecular formula is C22H15F4N3O2. The zero-order valence-electron chi connectivity index (χ0n) is 15.9. The first-order valence-corrected chi connectivity index (χ1v) is 9.16. The van der Waals surface area contributed by atoms with Crippen LogP contribution in [-0.4, -0.2) is 21.4 Å². The summed E-state index contributed by atoms with van der Waals surface area (Å²) in [5, 5.41) is 2.47. The topological polar surface area (TPSA) is 54.3 Å². The summed E-state index contributed by atoms with van der Waals surface area (Å²) in [6.07, 6.45) is -1.54. The fourth-order valence-electron chi connectivity index (χ4n) is 3.21. The number of benzene rings is 2. The van der Waals surface area contributed by atoms with Gasteiger partial charge in [-0.1, -0.05) is 18.2 Å². The highest BCUT2D eigenvalue weighted by Gasteiger charge is 2.34. The highest BCUT2D eigenvalue weighted by Crippen LogP contribution is 2.31. The van der Waals surface area contributed by atoms with Crippen LogP contribution in [0.3, 0.4) is 0 Å². The Kier molecular flexibility index (Phi) is 5.10. The van der Waals surface area contributed by atoms with Gasteiger partial charge in [0.05, 0.1) is 12.1 Å². The Labute approximate surface area is 174 Å². The lowest BCUT2D eigenvalue weighted by molar-refractivity contribution is -0.137. The van der Waals surface area contributed by atoms with E-state index < -0.39 is 29.5 Å². The number of imide groups is 1. The van der Waals surface area contributed by atoms with Crippen LogP contribution in [0.5, 0.6) is 0 Å². The van der Waals surface area contributed by atoms with Gasteiger partial charge in [0.25, 0.3) is 5.91 Å². The first kappa shape index (κ1) is 20.4. The fraction of sp³-hybridized carbons (Fsp3) is 0.0909.